The van der Waals surface area contributed by atoms with Gasteiger partial charge < -0.3 is 24.2 Å². The molecule has 12 heteroatoms. The third kappa shape index (κ3) is 9.19. The largest absolute Gasteiger partial charge is 0.359 e. The van der Waals surface area contributed by atoms with Crippen molar-refractivity contribution in [2.75, 3.05) is 85.2 Å². The third-order valence-electron chi connectivity index (χ3n) is 9.95. The highest BCUT2D eigenvalue weighted by Gasteiger charge is 2.50. The zero-order valence-electron chi connectivity index (χ0n) is 27.9. The maximum atomic E-state index is 13.1. The van der Waals surface area contributed by atoms with Gasteiger partial charge >= 0.3 is 0 Å². The van der Waals surface area contributed by atoms with Gasteiger partial charge in [-0.3, -0.25) is 14.9 Å². The normalized spacial score (nSPS) is 24.2. The number of carbonyl (C=O) groups excluding carboxylic acids is 2. The first-order chi connectivity index (χ1) is 21.6. The van der Waals surface area contributed by atoms with E-state index in [1.165, 1.54) is 43.0 Å². The molecular formula is C33H55N5O6S. The highest BCUT2D eigenvalue weighted by Crippen LogP contribution is 2.38. The van der Waals surface area contributed by atoms with Crippen molar-refractivity contribution in [3.05, 3.63) is 29.8 Å². The van der Waals surface area contributed by atoms with Crippen molar-refractivity contribution in [1.82, 2.24) is 24.3 Å². The molecule has 5 fully saturated rings. The Kier molecular flexibility index (Phi) is 13.1. The summed E-state index contributed by atoms with van der Waals surface area (Å²) in [4.78, 5) is 29.4. The summed E-state index contributed by atoms with van der Waals surface area (Å²) >= 11 is 0. The van der Waals surface area contributed by atoms with E-state index < -0.39 is 15.7 Å². The number of Topliss-reactive ketones (excluding diaryl/α,β-unsaturated/α-hetero) is 2. The van der Waals surface area contributed by atoms with Crippen molar-refractivity contribution in [1.29, 1.82) is 0 Å². The van der Waals surface area contributed by atoms with Crippen LogP contribution in [0.2, 0.25) is 0 Å². The zero-order chi connectivity index (χ0) is 32.5. The molecule has 5 aliphatic rings. The Balaban J connectivity index is 0.000000181. The molecule has 1 aromatic rings. The van der Waals surface area contributed by atoms with Gasteiger partial charge in [-0.15, -0.1) is 0 Å². The van der Waals surface area contributed by atoms with Crippen molar-refractivity contribution in [2.45, 2.75) is 82.6 Å². The van der Waals surface area contributed by atoms with Gasteiger partial charge in [0.1, 0.15) is 17.2 Å². The summed E-state index contributed by atoms with van der Waals surface area (Å²) in [6, 6.07) is 6.16. The molecule has 0 amide bonds. The molecule has 0 radical (unpaired) electrons. The number of hydrogen-bond donors (Lipinski definition) is 1. The maximum Gasteiger partial charge on any atom is 0.245 e. The van der Waals surface area contributed by atoms with E-state index in [0.717, 1.165) is 78.1 Å². The maximum absolute atomic E-state index is 13.1. The number of nitrogens with zero attached hydrogens (tertiary/aromatic N) is 4. The van der Waals surface area contributed by atoms with Crippen LogP contribution in [-0.2, 0) is 24.3 Å². The number of benzene rings is 1. The standard InChI is InChI=1S/C17H24N2O4S.C9H18N2O.C7H13NO/c1-3-18-10-8-17(9-11-18)19(12-13-23-17)24(21,22)16-6-4-15(5-7-16)14(2)20;1-2-11-6-3-9(4-7-11)10-5-8-12-9;1-2-8-5-3-7(9)4-6-8/h4-7H,3,8-13H2,1-2H3;10H,2-8H2,1H3;2-6H2,1H3. The van der Waals surface area contributed by atoms with Crippen LogP contribution in [0.4, 0.5) is 0 Å². The van der Waals surface area contributed by atoms with E-state index in [9.17, 15) is 18.0 Å². The van der Waals surface area contributed by atoms with E-state index in [0.29, 0.717) is 37.3 Å². The summed E-state index contributed by atoms with van der Waals surface area (Å²) in [5, 5.41) is 3.47. The zero-order valence-corrected chi connectivity index (χ0v) is 28.7. The lowest BCUT2D eigenvalue weighted by Crippen LogP contribution is -2.54. The Labute approximate surface area is 270 Å². The summed E-state index contributed by atoms with van der Waals surface area (Å²) in [7, 11) is -3.63. The van der Waals surface area contributed by atoms with Crippen molar-refractivity contribution in [3.8, 4) is 0 Å². The molecule has 0 aromatic heterocycles. The Morgan fingerprint density at radius 1 is 0.778 bits per heavy atom. The second-order valence-corrected chi connectivity index (χ2v) is 14.4. The molecule has 45 heavy (non-hydrogen) atoms. The lowest BCUT2D eigenvalue weighted by Gasteiger charge is -2.42. The first-order valence-corrected chi connectivity index (χ1v) is 18.4. The number of likely N-dealkylation sites (tertiary alicyclic amines) is 3. The number of rotatable bonds is 6. The van der Waals surface area contributed by atoms with Crippen molar-refractivity contribution >= 4 is 21.6 Å². The molecular weight excluding hydrogens is 594 g/mol. The van der Waals surface area contributed by atoms with Gasteiger partial charge in [-0.05, 0) is 38.7 Å². The fraction of sp³-hybridized carbons (Fsp3) is 0.758. The van der Waals surface area contributed by atoms with Gasteiger partial charge in [-0.1, -0.05) is 32.9 Å². The van der Waals surface area contributed by atoms with E-state index in [2.05, 4.69) is 40.8 Å². The van der Waals surface area contributed by atoms with E-state index in [1.54, 1.807) is 12.1 Å². The molecule has 2 spiro atoms. The molecule has 0 saturated carbocycles. The van der Waals surface area contributed by atoms with Gasteiger partial charge in [0.15, 0.2) is 5.78 Å². The topological polar surface area (TPSA) is 112 Å². The number of sulfonamides is 1. The van der Waals surface area contributed by atoms with Gasteiger partial charge in [-0.2, -0.15) is 4.31 Å². The highest BCUT2D eigenvalue weighted by atomic mass is 32.2. The Morgan fingerprint density at radius 3 is 1.80 bits per heavy atom. The number of nitrogens with one attached hydrogen (secondary N) is 1. The molecule has 0 unspecified atom stereocenters. The molecule has 1 N–H and O–H groups in total. The van der Waals surface area contributed by atoms with Crippen molar-refractivity contribution in [3.63, 3.8) is 0 Å². The number of carbonyl (C=O) groups is 2. The Hall–Kier alpha value is -1.77. The molecule has 6 rings (SSSR count). The second kappa shape index (κ2) is 16.4. The monoisotopic (exact) mass is 649 g/mol. The number of ketones is 2. The fourth-order valence-electron chi connectivity index (χ4n) is 6.78. The van der Waals surface area contributed by atoms with E-state index in [-0.39, 0.29) is 16.4 Å². The number of hydrogen-bond acceptors (Lipinski definition) is 10. The molecule has 5 heterocycles. The van der Waals surface area contributed by atoms with Gasteiger partial charge in [0.05, 0.1) is 18.1 Å². The first kappa shape index (κ1) is 36.1. The lowest BCUT2D eigenvalue weighted by atomic mass is 10.0. The molecule has 0 atom stereocenters. The predicted molar refractivity (Wildman–Crippen MR) is 175 cm³/mol. The van der Waals surface area contributed by atoms with Crippen LogP contribution in [0.25, 0.3) is 0 Å². The van der Waals surface area contributed by atoms with Crippen LogP contribution >= 0.6 is 0 Å². The second-order valence-electron chi connectivity index (χ2n) is 12.6. The minimum absolute atomic E-state index is 0.0612. The van der Waals surface area contributed by atoms with Crippen LogP contribution < -0.4 is 5.32 Å². The number of ether oxygens (including phenoxy) is 2. The first-order valence-electron chi connectivity index (χ1n) is 16.9. The average Bonchev–Trinajstić information content (AvgIpc) is 3.70. The molecule has 254 valence electrons. The van der Waals surface area contributed by atoms with E-state index >= 15 is 0 Å². The Morgan fingerprint density at radius 2 is 1.31 bits per heavy atom. The predicted octanol–water partition coefficient (Wildman–Crippen LogP) is 2.81. The SMILES string of the molecule is CCN1CCC(=O)CC1.CCN1CCC2(CC1)NCCO2.CCN1CCC2(CC1)OCCN2S(=O)(=O)c1ccc(C(C)=O)cc1. The minimum Gasteiger partial charge on any atom is -0.359 e. The van der Waals surface area contributed by atoms with Crippen LogP contribution in [0.3, 0.4) is 0 Å². The number of piperidine rings is 3. The van der Waals surface area contributed by atoms with Crippen LogP contribution in [0.15, 0.2) is 29.2 Å². The summed E-state index contributed by atoms with van der Waals surface area (Å²) in [6.07, 6.45) is 5.22. The van der Waals surface area contributed by atoms with E-state index in [4.69, 9.17) is 9.47 Å². The molecule has 5 aliphatic heterocycles. The van der Waals surface area contributed by atoms with Gasteiger partial charge in [0.25, 0.3) is 0 Å². The minimum atomic E-state index is -3.63. The molecule has 0 aliphatic carbocycles. The van der Waals surface area contributed by atoms with E-state index in [1.807, 2.05) is 0 Å². The lowest BCUT2D eigenvalue weighted by molar-refractivity contribution is -0.121. The highest BCUT2D eigenvalue weighted by molar-refractivity contribution is 7.89. The fourth-order valence-corrected chi connectivity index (χ4v) is 8.50. The average molecular weight is 650 g/mol. The quantitative estimate of drug-likeness (QED) is 0.462. The smallest absolute Gasteiger partial charge is 0.245 e. The molecule has 1 aromatic carbocycles. The van der Waals surface area contributed by atoms with Crippen molar-refractivity contribution < 1.29 is 27.5 Å². The summed E-state index contributed by atoms with van der Waals surface area (Å²) < 4.78 is 39.4. The summed E-state index contributed by atoms with van der Waals surface area (Å²) in [5.41, 5.74) is -0.146. The van der Waals surface area contributed by atoms with Gasteiger partial charge in [-0.25, -0.2) is 8.42 Å². The third-order valence-corrected chi connectivity index (χ3v) is 11.9. The summed E-state index contributed by atoms with van der Waals surface area (Å²) in [5.74, 6) is 0.353. The van der Waals surface area contributed by atoms with Crippen LogP contribution in [0, 0.1) is 0 Å². The van der Waals surface area contributed by atoms with Crippen LogP contribution in [0.1, 0.15) is 76.6 Å². The summed E-state index contributed by atoms with van der Waals surface area (Å²) in [6.45, 7) is 19.9. The molecule has 11 nitrogen and oxygen atoms in total. The van der Waals surface area contributed by atoms with Gasteiger partial charge in [0, 0.05) is 96.4 Å². The van der Waals surface area contributed by atoms with Crippen LogP contribution in [0.5, 0.6) is 0 Å². The molecule has 5 saturated heterocycles. The van der Waals surface area contributed by atoms with Crippen molar-refractivity contribution in [2.24, 2.45) is 0 Å². The van der Waals surface area contributed by atoms with Crippen LogP contribution in [-0.4, -0.2) is 136 Å². The Bertz CT molecular complexity index is 1190. The molecule has 0 bridgehead atoms. The van der Waals surface area contributed by atoms with Gasteiger partial charge in [0.2, 0.25) is 10.0 Å².